The second kappa shape index (κ2) is 8.25. The zero-order valence-electron chi connectivity index (χ0n) is 18.2. The predicted molar refractivity (Wildman–Crippen MR) is 110 cm³/mol. The highest BCUT2D eigenvalue weighted by Gasteiger charge is 2.60. The Hall–Kier alpha value is -2.08. The third kappa shape index (κ3) is 3.55. The van der Waals surface area contributed by atoms with Crippen LogP contribution >= 0.6 is 7.82 Å². The smallest absolute Gasteiger partial charge is 0.469 e. The molecule has 4 unspecified atom stereocenters. The molecule has 2 N–H and O–H groups in total. The average molecular weight is 496 g/mol. The van der Waals surface area contributed by atoms with Gasteiger partial charge in [0.15, 0.2) is 18.7 Å². The zero-order valence-corrected chi connectivity index (χ0v) is 19.1. The van der Waals surface area contributed by atoms with E-state index in [-0.39, 0.29) is 19.4 Å². The molecule has 0 radical (unpaired) electrons. The van der Waals surface area contributed by atoms with Gasteiger partial charge >= 0.3 is 7.82 Å². The number of fused-ring (bicyclic) bond motifs is 6. The number of piperidine rings is 1. The molecule has 0 aromatic rings. The monoisotopic (exact) mass is 496 g/mol. The van der Waals surface area contributed by atoms with Gasteiger partial charge in [0.1, 0.15) is 36.7 Å². The summed E-state index contributed by atoms with van der Waals surface area (Å²) in [5.41, 5.74) is 0.549. The molecule has 4 fully saturated rings. The molecule has 13 heteroatoms. The molecule has 0 spiro atoms. The summed E-state index contributed by atoms with van der Waals surface area (Å²) in [5, 5.41) is 13.5. The molecule has 6 aliphatic rings. The Morgan fingerprint density at radius 2 is 1.97 bits per heavy atom. The summed E-state index contributed by atoms with van der Waals surface area (Å²) in [6.45, 7) is 0.153. The van der Waals surface area contributed by atoms with E-state index in [9.17, 15) is 24.1 Å². The number of ether oxygens (including phenoxy) is 2. The molecule has 2 amide bonds. The van der Waals surface area contributed by atoms with Gasteiger partial charge in [-0.25, -0.2) is 4.57 Å². The van der Waals surface area contributed by atoms with Crippen molar-refractivity contribution in [1.29, 1.82) is 0 Å². The second-order valence-corrected chi connectivity index (χ2v) is 10.8. The number of rotatable bonds is 3. The fourth-order valence-electron chi connectivity index (χ4n) is 5.52. The highest BCUT2D eigenvalue weighted by molar-refractivity contribution is 7.48. The van der Waals surface area contributed by atoms with Gasteiger partial charge in [0.25, 0.3) is 0 Å². The number of aliphatic hydroxyl groups excluding tert-OH is 1. The molecule has 4 saturated heterocycles. The largest absolute Gasteiger partial charge is 0.477 e. The van der Waals surface area contributed by atoms with Gasteiger partial charge in [-0.1, -0.05) is 12.5 Å². The van der Waals surface area contributed by atoms with Gasteiger partial charge < -0.3 is 24.8 Å². The Morgan fingerprint density at radius 1 is 1.15 bits per heavy atom. The van der Waals surface area contributed by atoms with E-state index in [1.54, 1.807) is 6.08 Å². The van der Waals surface area contributed by atoms with E-state index in [0.29, 0.717) is 24.3 Å². The summed E-state index contributed by atoms with van der Waals surface area (Å²) in [7, 11) is -4.14. The minimum atomic E-state index is -4.14. The van der Waals surface area contributed by atoms with E-state index in [1.165, 1.54) is 11.0 Å². The fourth-order valence-corrected chi connectivity index (χ4v) is 7.05. The van der Waals surface area contributed by atoms with Gasteiger partial charge in [0.05, 0.1) is 6.04 Å². The van der Waals surface area contributed by atoms with E-state index >= 15 is 0 Å². The van der Waals surface area contributed by atoms with Crippen LogP contribution in [0.5, 0.6) is 0 Å². The molecule has 184 valence electrons. The van der Waals surface area contributed by atoms with Crippen LogP contribution in [0.2, 0.25) is 0 Å². The lowest BCUT2D eigenvalue weighted by atomic mass is 9.68. The Labute approximate surface area is 194 Å². The zero-order chi connectivity index (χ0) is 23.6. The minimum absolute atomic E-state index is 0.0733. The molecule has 0 bridgehead atoms. The van der Waals surface area contributed by atoms with Crippen molar-refractivity contribution in [3.05, 3.63) is 23.5 Å². The molecule has 12 nitrogen and oxygen atoms in total. The number of carbonyl (C=O) groups excluding carboxylic acids is 3. The highest BCUT2D eigenvalue weighted by atomic mass is 31.2. The number of carbonyl (C=O) groups is 3. The number of Topliss-reactive ketones (excluding diaryl/α,β-unsaturated/α-hetero) is 1. The number of likely N-dealkylation sites (tertiary alicyclic amines) is 1. The molecule has 0 aromatic heterocycles. The van der Waals surface area contributed by atoms with Gasteiger partial charge in [-0.15, -0.1) is 0 Å². The van der Waals surface area contributed by atoms with Crippen molar-refractivity contribution in [1.82, 2.24) is 10.2 Å². The van der Waals surface area contributed by atoms with Gasteiger partial charge in [-0.3, -0.25) is 28.0 Å². The molecule has 8 atom stereocenters. The van der Waals surface area contributed by atoms with Crippen LogP contribution in [0.1, 0.15) is 25.7 Å². The van der Waals surface area contributed by atoms with Crippen LogP contribution in [0.15, 0.2) is 23.5 Å². The molecule has 4 aliphatic heterocycles. The van der Waals surface area contributed by atoms with Crippen molar-refractivity contribution in [3.8, 4) is 0 Å². The Kier molecular flexibility index (Phi) is 5.43. The standard InChI is InChI=1S/C21H25N2O10P/c24-12-6-11-10-7-13-19(30-9-29-13)17(26)15(10)21(27)22-16(11)20-18(12)32-34(28,33-20)31-8-23-5-3-1-2-4-14(23)25/h6-7,10,12,15-16,18-20,24H,1-5,8-9H2,(H,22,27)/t10?,12-,15?,16+,18+,19?,20-,34?/m0/s1. The molecule has 2 aliphatic carbocycles. The first-order chi connectivity index (χ1) is 16.3. The quantitative estimate of drug-likeness (QED) is 0.313. The Morgan fingerprint density at radius 3 is 2.82 bits per heavy atom. The Bertz CT molecular complexity index is 1040. The van der Waals surface area contributed by atoms with Crippen molar-refractivity contribution in [3.63, 3.8) is 0 Å². The van der Waals surface area contributed by atoms with Crippen LogP contribution in [0, 0.1) is 11.8 Å². The lowest BCUT2D eigenvalue weighted by Gasteiger charge is -2.44. The molecular formula is C21H25N2O10P. The average Bonchev–Trinajstić information content (AvgIpc) is 3.36. The number of nitrogens with one attached hydrogen (secondary N) is 1. The molecule has 0 saturated carbocycles. The summed E-state index contributed by atoms with van der Waals surface area (Å²) >= 11 is 0. The van der Waals surface area contributed by atoms with E-state index in [4.69, 9.17) is 23.0 Å². The maximum absolute atomic E-state index is 13.2. The van der Waals surface area contributed by atoms with Crippen molar-refractivity contribution < 1.29 is 47.1 Å². The number of ketones is 1. The molecule has 6 rings (SSSR count). The first-order valence-electron chi connectivity index (χ1n) is 11.4. The maximum Gasteiger partial charge on any atom is 0.477 e. The van der Waals surface area contributed by atoms with Gasteiger partial charge in [-0.2, -0.15) is 0 Å². The predicted octanol–water partition coefficient (Wildman–Crippen LogP) is 0.126. The highest BCUT2D eigenvalue weighted by Crippen LogP contribution is 2.60. The number of hydrogen-bond donors (Lipinski definition) is 2. The van der Waals surface area contributed by atoms with E-state index in [1.807, 2.05) is 0 Å². The fraction of sp³-hybridized carbons (Fsp3) is 0.667. The summed E-state index contributed by atoms with van der Waals surface area (Å²) in [5.74, 6) is -2.36. The summed E-state index contributed by atoms with van der Waals surface area (Å²) in [6.07, 6.45) is 1.94. The van der Waals surface area contributed by atoms with Crippen molar-refractivity contribution in [2.45, 2.75) is 56.1 Å². The van der Waals surface area contributed by atoms with E-state index in [0.717, 1.165) is 19.3 Å². The molecule has 4 heterocycles. The molecular weight excluding hydrogens is 471 g/mol. The van der Waals surface area contributed by atoms with Crippen LogP contribution in [0.3, 0.4) is 0 Å². The number of phosphoric acid groups is 1. The number of nitrogens with zero attached hydrogens (tertiary/aromatic N) is 1. The SMILES string of the molecule is O=C1N[C@@H]2C(=C[C@H](O)[C@H]3OP(=O)(OCN4CCCCCC4=O)O[C@H]32)C2C=C3OCOC3C(=O)C12. The lowest BCUT2D eigenvalue weighted by molar-refractivity contribution is -0.143. The maximum atomic E-state index is 13.2. The van der Waals surface area contributed by atoms with E-state index < -0.39 is 61.8 Å². The van der Waals surface area contributed by atoms with Crippen LogP contribution in [-0.2, 0) is 42.0 Å². The molecule has 34 heavy (non-hydrogen) atoms. The minimum Gasteiger partial charge on any atom is -0.469 e. The van der Waals surface area contributed by atoms with Crippen LogP contribution in [-0.4, -0.2) is 78.1 Å². The number of allylic oxidation sites excluding steroid dienone is 1. The summed E-state index contributed by atoms with van der Waals surface area (Å²) < 4.78 is 40.6. The Balaban J connectivity index is 1.23. The van der Waals surface area contributed by atoms with Crippen molar-refractivity contribution in [2.24, 2.45) is 11.8 Å². The third-order valence-corrected chi connectivity index (χ3v) is 8.64. The van der Waals surface area contributed by atoms with Crippen LogP contribution in [0.4, 0.5) is 0 Å². The summed E-state index contributed by atoms with van der Waals surface area (Å²) in [4.78, 5) is 39.5. The molecule has 0 aromatic carbocycles. The van der Waals surface area contributed by atoms with Crippen molar-refractivity contribution in [2.75, 3.05) is 20.1 Å². The van der Waals surface area contributed by atoms with Gasteiger partial charge in [0.2, 0.25) is 11.8 Å². The normalized spacial score (nSPS) is 43.5. The number of aliphatic hydroxyl groups is 1. The number of phosphoric ester groups is 1. The van der Waals surface area contributed by atoms with Crippen LogP contribution in [0.25, 0.3) is 0 Å². The topological polar surface area (TPSA) is 150 Å². The van der Waals surface area contributed by atoms with Crippen LogP contribution < -0.4 is 5.32 Å². The second-order valence-electron chi connectivity index (χ2n) is 9.24. The van der Waals surface area contributed by atoms with E-state index in [2.05, 4.69) is 5.32 Å². The number of amides is 2. The third-order valence-electron chi connectivity index (χ3n) is 7.21. The summed E-state index contributed by atoms with van der Waals surface area (Å²) in [6, 6.07) is -0.787. The van der Waals surface area contributed by atoms with Crippen molar-refractivity contribution >= 4 is 25.4 Å². The lowest BCUT2D eigenvalue weighted by Crippen LogP contribution is -2.63. The van der Waals surface area contributed by atoms with Gasteiger partial charge in [-0.05, 0) is 24.5 Å². The van der Waals surface area contributed by atoms with Gasteiger partial charge in [0, 0.05) is 18.9 Å². The first-order valence-corrected chi connectivity index (χ1v) is 12.9. The first kappa shape index (κ1) is 22.4. The number of hydrogen-bond acceptors (Lipinski definition) is 10.